The van der Waals surface area contributed by atoms with Crippen LogP contribution in [0.15, 0.2) is 168 Å². The number of benzene rings is 5. The first-order valence-electron chi connectivity index (χ1n) is 23.0. The van der Waals surface area contributed by atoms with Crippen LogP contribution in [-0.4, -0.2) is 87.5 Å². The van der Waals surface area contributed by atoms with Crippen LogP contribution in [0.25, 0.3) is 10.9 Å². The van der Waals surface area contributed by atoms with Gasteiger partial charge in [-0.3, -0.25) is 24.5 Å². The Morgan fingerprint density at radius 2 is 1.12 bits per heavy atom. The second-order valence-electron chi connectivity index (χ2n) is 16.0. The Morgan fingerprint density at radius 3 is 1.61 bits per heavy atom. The normalized spacial score (nSPS) is 10.6. The molecule has 0 aliphatic rings. The number of nitrogens with zero attached hydrogens (tertiary/aromatic N) is 8. The number of carbonyl (C=O) groups is 3. The zero-order valence-corrected chi connectivity index (χ0v) is 43.4. The van der Waals surface area contributed by atoms with E-state index in [1.807, 2.05) is 72.8 Å². The van der Waals surface area contributed by atoms with Crippen molar-refractivity contribution in [1.29, 1.82) is 0 Å². The molecule has 0 radical (unpaired) electrons. The van der Waals surface area contributed by atoms with E-state index < -0.39 is 5.82 Å². The maximum atomic E-state index is 13.7. The molecule has 0 unspecified atom stereocenters. The van der Waals surface area contributed by atoms with Crippen LogP contribution in [-0.2, 0) is 17.3 Å². The van der Waals surface area contributed by atoms with Gasteiger partial charge in [0, 0.05) is 69.0 Å². The summed E-state index contributed by atoms with van der Waals surface area (Å²) in [6, 6.07) is 39.3. The average molecular weight is 1090 g/mol. The smallest absolute Gasteiger partial charge is 0.255 e. The molecule has 0 spiro atoms. The van der Waals surface area contributed by atoms with Crippen LogP contribution < -0.4 is 36.9 Å². The summed E-state index contributed by atoms with van der Waals surface area (Å²) < 4.78 is 23.6. The summed E-state index contributed by atoms with van der Waals surface area (Å²) in [6.07, 6.45) is 4.78. The van der Waals surface area contributed by atoms with Crippen molar-refractivity contribution in [3.63, 3.8) is 0 Å². The summed E-state index contributed by atoms with van der Waals surface area (Å²) in [4.78, 5) is 57.8. The number of rotatable bonds is 17. The maximum Gasteiger partial charge on any atom is 0.255 e. The van der Waals surface area contributed by atoms with Crippen LogP contribution in [0.5, 0.6) is 11.6 Å². The molecule has 0 saturated carbocycles. The highest BCUT2D eigenvalue weighted by Crippen LogP contribution is 2.25. The first-order valence-corrected chi connectivity index (χ1v) is 25.9. The van der Waals surface area contributed by atoms with Gasteiger partial charge in [-0.2, -0.15) is 15.1 Å². The molecule has 10 rings (SSSR count). The van der Waals surface area contributed by atoms with Gasteiger partial charge in [-0.25, -0.2) is 24.6 Å². The third kappa shape index (κ3) is 16.1. The van der Waals surface area contributed by atoms with E-state index >= 15 is 0 Å². The molecule has 0 fully saturated rings. The van der Waals surface area contributed by atoms with Gasteiger partial charge in [0.2, 0.25) is 28.1 Å². The fourth-order valence-corrected chi connectivity index (χ4v) is 9.06. The molecular weight excluding hydrogens is 1040 g/mol. The highest BCUT2D eigenvalue weighted by atomic mass is 32.2. The van der Waals surface area contributed by atoms with Gasteiger partial charge in [0.15, 0.2) is 16.7 Å². The van der Waals surface area contributed by atoms with Crippen molar-refractivity contribution in [3.8, 4) is 11.6 Å². The number of halogens is 1. The largest absolute Gasteiger partial charge is 0.494 e. The number of anilines is 5. The fourth-order valence-electron chi connectivity index (χ4n) is 6.85. The van der Waals surface area contributed by atoms with Crippen molar-refractivity contribution < 1.29 is 28.2 Å². The zero-order valence-electron chi connectivity index (χ0n) is 40.9. The number of nitrogen functional groups attached to an aromatic ring is 2. The van der Waals surface area contributed by atoms with Crippen molar-refractivity contribution in [2.75, 3.05) is 41.6 Å². The van der Waals surface area contributed by atoms with E-state index in [9.17, 15) is 18.8 Å². The lowest BCUT2D eigenvalue weighted by molar-refractivity contribution is 0.101. The molecule has 0 aliphatic carbocycles. The summed E-state index contributed by atoms with van der Waals surface area (Å²) in [5, 5.41) is 31.0. The second-order valence-corrected chi connectivity index (χ2v) is 18.8. The summed E-state index contributed by atoms with van der Waals surface area (Å²) in [7, 11) is 2.92. The standard InChI is InChI=1S/C19H15N5OS.C17H16FN5O2S.C16H16N6O2S/c25-18(23-16-6-7-17-14(10-16)5-2-8-20-17)15-4-1-3-13(9-15)11-26-19-21-12-22-24-19;1-25-14-6-5-12(8-13(14)18)20-15(24)11-4-2-3-10(7-11)9-26-17-21-16(19)22-23-17;1-24-13-6-5-12(8-18-13)19-14(23)11-4-2-3-10(7-11)9-25-16-20-15(17)21-22-16/h1-10,12H,11H2,(H,23,25)(H,21,22,24);2-8H,9H2,1H3,(H,20,24)(H3,19,21,22,23);2-8H,9H2,1H3,(H,19,23)(H3,17,20,21,22). The summed E-state index contributed by atoms with van der Waals surface area (Å²) >= 11 is 4.37. The molecule has 77 heavy (non-hydrogen) atoms. The Morgan fingerprint density at radius 1 is 0.571 bits per heavy atom. The van der Waals surface area contributed by atoms with Gasteiger partial charge in [0.1, 0.15) is 6.33 Å². The minimum atomic E-state index is -0.541. The van der Waals surface area contributed by atoms with Crippen molar-refractivity contribution in [2.24, 2.45) is 0 Å². The lowest BCUT2D eigenvalue weighted by Crippen LogP contribution is -2.12. The number of methoxy groups -OCH3 is 2. The van der Waals surface area contributed by atoms with Gasteiger partial charge in [-0.05, 0) is 95.6 Å². The first-order chi connectivity index (χ1) is 37.5. The van der Waals surface area contributed by atoms with Crippen LogP contribution >= 0.6 is 35.3 Å². The number of nitrogens with two attached hydrogens (primary N) is 2. The number of hydrogen-bond acceptors (Lipinski definition) is 18. The Labute approximate surface area is 451 Å². The van der Waals surface area contributed by atoms with Gasteiger partial charge in [-0.1, -0.05) is 77.8 Å². The number of aromatic nitrogens is 11. The molecule has 10 N–H and O–H groups in total. The van der Waals surface area contributed by atoms with Crippen LogP contribution in [0.2, 0.25) is 0 Å². The first kappa shape index (κ1) is 53.9. The Balaban J connectivity index is 0.000000153. The SMILES string of the molecule is COc1ccc(NC(=O)c2cccc(CSc3n[nH]c(N)n3)c2)cc1F.COc1ccc(NC(=O)c2cccc(CSc3n[nH]c(N)n3)c2)cn1.O=C(Nc1ccc2ncccc2c1)c1cccc(CSc2ncn[nH]2)c1. The number of amides is 3. The van der Waals surface area contributed by atoms with Crippen molar-refractivity contribution in [2.45, 2.75) is 32.7 Å². The lowest BCUT2D eigenvalue weighted by Gasteiger charge is -2.08. The molecule has 390 valence electrons. The van der Waals surface area contributed by atoms with E-state index in [0.717, 1.165) is 38.4 Å². The molecule has 0 atom stereocenters. The minimum absolute atomic E-state index is 0.120. The third-order valence-electron chi connectivity index (χ3n) is 10.5. The van der Waals surface area contributed by atoms with E-state index in [1.165, 1.54) is 68.0 Å². The fraction of sp³-hybridized carbons (Fsp3) is 0.0962. The van der Waals surface area contributed by atoms with Crippen LogP contribution in [0, 0.1) is 5.82 Å². The number of hydrogen-bond donors (Lipinski definition) is 8. The molecule has 10 aromatic rings. The molecule has 5 aromatic heterocycles. The number of carbonyl (C=O) groups excluding carboxylic acids is 3. The van der Waals surface area contributed by atoms with Crippen molar-refractivity contribution in [3.05, 3.63) is 191 Å². The number of H-pyrrole nitrogens is 3. The van der Waals surface area contributed by atoms with Crippen molar-refractivity contribution >= 4 is 92.9 Å². The summed E-state index contributed by atoms with van der Waals surface area (Å²) in [5.74, 6) is 1.84. The highest BCUT2D eigenvalue weighted by molar-refractivity contribution is 7.98. The van der Waals surface area contributed by atoms with Crippen molar-refractivity contribution in [1.82, 2.24) is 55.5 Å². The maximum absolute atomic E-state index is 13.7. The van der Waals surface area contributed by atoms with E-state index in [0.29, 0.717) is 61.5 Å². The predicted octanol–water partition coefficient (Wildman–Crippen LogP) is 9.31. The number of aromatic amines is 3. The Kier molecular flexibility index (Phi) is 18.7. The van der Waals surface area contributed by atoms with Gasteiger partial charge in [0.05, 0.1) is 31.6 Å². The lowest BCUT2D eigenvalue weighted by atomic mass is 10.1. The molecule has 5 heterocycles. The monoisotopic (exact) mass is 1090 g/mol. The Hall–Kier alpha value is -9.33. The molecule has 5 aromatic carbocycles. The van der Waals surface area contributed by atoms with E-state index in [4.69, 9.17) is 20.9 Å². The van der Waals surface area contributed by atoms with Gasteiger partial charge in [0.25, 0.3) is 17.7 Å². The van der Waals surface area contributed by atoms with E-state index in [-0.39, 0.29) is 35.4 Å². The van der Waals surface area contributed by atoms with Crippen LogP contribution in [0.4, 0.5) is 33.3 Å². The minimum Gasteiger partial charge on any atom is -0.494 e. The number of thioether (sulfide) groups is 3. The van der Waals surface area contributed by atoms with Gasteiger partial charge >= 0.3 is 0 Å². The van der Waals surface area contributed by atoms with E-state index in [2.05, 4.69) is 71.5 Å². The van der Waals surface area contributed by atoms with Crippen LogP contribution in [0.1, 0.15) is 47.8 Å². The highest BCUT2D eigenvalue weighted by Gasteiger charge is 2.13. The third-order valence-corrected chi connectivity index (χ3v) is 13.3. The van der Waals surface area contributed by atoms with Crippen LogP contribution in [0.3, 0.4) is 0 Å². The molecule has 3 amide bonds. The summed E-state index contributed by atoms with van der Waals surface area (Å²) in [5.41, 5.74) is 18.2. The second kappa shape index (κ2) is 26.8. The Bertz CT molecular complexity index is 3590. The molecule has 21 nitrogen and oxygen atoms in total. The number of ether oxygens (including phenoxy) is 2. The summed E-state index contributed by atoms with van der Waals surface area (Å²) in [6.45, 7) is 0. The predicted molar refractivity (Wildman–Crippen MR) is 295 cm³/mol. The molecule has 0 bridgehead atoms. The number of nitrogens with one attached hydrogen (secondary N) is 6. The molecular formula is C52H47FN16O5S3. The average Bonchev–Trinajstić information content (AvgIpc) is 4.25. The topological polar surface area (TPSA) is 308 Å². The number of fused-ring (bicyclic) bond motifs is 1. The molecule has 25 heteroatoms. The van der Waals surface area contributed by atoms with Gasteiger partial charge in [-0.15, -0.1) is 10.2 Å². The molecule has 0 aliphatic heterocycles. The van der Waals surface area contributed by atoms with E-state index in [1.54, 1.807) is 60.9 Å². The zero-order chi connectivity index (χ0) is 53.9. The quantitative estimate of drug-likeness (QED) is 0.0394. The number of pyridine rings is 2. The van der Waals surface area contributed by atoms with Gasteiger partial charge < -0.3 is 36.9 Å². The molecule has 0 saturated heterocycles.